The zero-order chi connectivity index (χ0) is 18.0. The first-order chi connectivity index (χ1) is 12.0. The molecule has 0 fully saturated rings. The summed E-state index contributed by atoms with van der Waals surface area (Å²) in [6, 6.07) is 11.3. The number of carbonyl (C=O) groups excluding carboxylic acids is 2. The third-order valence-corrected chi connectivity index (χ3v) is 5.20. The molecule has 1 aromatic heterocycles. The number of anilines is 1. The summed E-state index contributed by atoms with van der Waals surface area (Å²) in [7, 11) is 0. The van der Waals surface area contributed by atoms with E-state index >= 15 is 0 Å². The Bertz CT molecular complexity index is 783. The summed E-state index contributed by atoms with van der Waals surface area (Å²) >= 11 is 0. The minimum absolute atomic E-state index is 0.0815. The highest BCUT2D eigenvalue weighted by Gasteiger charge is 2.43. The van der Waals surface area contributed by atoms with Gasteiger partial charge in [-0.3, -0.25) is 14.6 Å². The van der Waals surface area contributed by atoms with Crippen LogP contribution in [0.2, 0.25) is 0 Å². The Kier molecular flexibility index (Phi) is 4.71. The number of aromatic nitrogens is 1. The van der Waals surface area contributed by atoms with Crippen LogP contribution in [0.3, 0.4) is 0 Å². The number of amides is 1. The van der Waals surface area contributed by atoms with Gasteiger partial charge in [0, 0.05) is 42.3 Å². The van der Waals surface area contributed by atoms with E-state index in [2.05, 4.69) is 18.8 Å². The van der Waals surface area contributed by atoms with E-state index in [4.69, 9.17) is 0 Å². The number of fused-ring (bicyclic) bond motifs is 1. The average molecular weight is 336 g/mol. The number of nitrogens with zero attached hydrogens (tertiary/aromatic N) is 2. The molecule has 0 N–H and O–H groups in total. The molecule has 1 aliphatic rings. The van der Waals surface area contributed by atoms with Gasteiger partial charge in [-0.05, 0) is 36.2 Å². The summed E-state index contributed by atoms with van der Waals surface area (Å²) in [5.74, 6) is -0.0958. The van der Waals surface area contributed by atoms with Crippen LogP contribution in [-0.2, 0) is 10.2 Å². The molecular formula is C21H24N2O2. The van der Waals surface area contributed by atoms with Crippen LogP contribution in [0.1, 0.15) is 49.5 Å². The highest BCUT2D eigenvalue weighted by molar-refractivity contribution is 6.10. The maximum atomic E-state index is 13.2. The second-order valence-electron chi connectivity index (χ2n) is 7.15. The molecule has 1 aliphatic heterocycles. The van der Waals surface area contributed by atoms with Gasteiger partial charge in [0.25, 0.3) is 0 Å². The van der Waals surface area contributed by atoms with Crippen LogP contribution in [0.15, 0.2) is 48.8 Å². The number of para-hydroxylation sites is 1. The molecule has 0 aliphatic carbocycles. The van der Waals surface area contributed by atoms with Crippen molar-refractivity contribution in [2.45, 2.75) is 39.0 Å². The summed E-state index contributed by atoms with van der Waals surface area (Å²) in [5, 5.41) is 0. The molecule has 1 atom stereocenters. The van der Waals surface area contributed by atoms with Crippen molar-refractivity contribution in [2.75, 3.05) is 11.4 Å². The van der Waals surface area contributed by atoms with Gasteiger partial charge in [-0.25, -0.2) is 0 Å². The lowest BCUT2D eigenvalue weighted by molar-refractivity contribution is -0.118. The number of rotatable bonds is 4. The molecule has 3 rings (SSSR count). The van der Waals surface area contributed by atoms with E-state index in [1.165, 1.54) is 0 Å². The Morgan fingerprint density at radius 1 is 1.20 bits per heavy atom. The molecule has 0 bridgehead atoms. The minimum atomic E-state index is -0.391. The molecule has 0 saturated carbocycles. The van der Waals surface area contributed by atoms with Gasteiger partial charge < -0.3 is 4.90 Å². The zero-order valence-electron chi connectivity index (χ0n) is 15.0. The summed E-state index contributed by atoms with van der Waals surface area (Å²) in [6.45, 7) is 6.56. The van der Waals surface area contributed by atoms with E-state index in [0.717, 1.165) is 17.7 Å². The second kappa shape index (κ2) is 6.79. The van der Waals surface area contributed by atoms with Gasteiger partial charge in [0.05, 0.1) is 5.69 Å². The fourth-order valence-corrected chi connectivity index (χ4v) is 3.59. The van der Waals surface area contributed by atoms with Crippen LogP contribution in [0.25, 0.3) is 0 Å². The van der Waals surface area contributed by atoms with E-state index < -0.39 is 5.41 Å². The number of benzene rings is 1. The largest absolute Gasteiger partial charge is 0.311 e. The van der Waals surface area contributed by atoms with E-state index in [0.29, 0.717) is 18.5 Å². The van der Waals surface area contributed by atoms with Gasteiger partial charge in [0.2, 0.25) is 5.91 Å². The van der Waals surface area contributed by atoms with Gasteiger partial charge in [-0.2, -0.15) is 0 Å². The average Bonchev–Trinajstić information content (AvgIpc) is 2.63. The third-order valence-electron chi connectivity index (χ3n) is 5.20. The van der Waals surface area contributed by atoms with Crippen LogP contribution in [-0.4, -0.2) is 23.2 Å². The van der Waals surface area contributed by atoms with Crippen molar-refractivity contribution in [1.29, 1.82) is 0 Å². The molecule has 0 saturated heterocycles. The number of hydrogen-bond acceptors (Lipinski definition) is 3. The Morgan fingerprint density at radius 2 is 1.88 bits per heavy atom. The lowest BCUT2D eigenvalue weighted by atomic mass is 9.69. The molecule has 1 amide bonds. The number of ketones is 1. The number of pyridine rings is 1. The van der Waals surface area contributed by atoms with Crippen molar-refractivity contribution in [3.63, 3.8) is 0 Å². The van der Waals surface area contributed by atoms with E-state index in [1.54, 1.807) is 17.3 Å². The van der Waals surface area contributed by atoms with Crippen molar-refractivity contribution >= 4 is 17.4 Å². The molecule has 1 unspecified atom stereocenters. The number of carbonyl (C=O) groups is 2. The van der Waals surface area contributed by atoms with E-state index in [-0.39, 0.29) is 17.6 Å². The Labute approximate surface area is 148 Å². The van der Waals surface area contributed by atoms with E-state index in [1.807, 2.05) is 43.3 Å². The molecule has 4 nitrogen and oxygen atoms in total. The molecule has 0 spiro atoms. The van der Waals surface area contributed by atoms with Crippen LogP contribution >= 0.6 is 0 Å². The van der Waals surface area contributed by atoms with Crippen molar-refractivity contribution < 1.29 is 9.59 Å². The Balaban J connectivity index is 2.05. The predicted molar refractivity (Wildman–Crippen MR) is 98.8 cm³/mol. The maximum absolute atomic E-state index is 13.2. The van der Waals surface area contributed by atoms with Crippen LogP contribution in [0, 0.1) is 5.92 Å². The fraction of sp³-hybridized carbons (Fsp3) is 0.381. The topological polar surface area (TPSA) is 50.3 Å². The molecular weight excluding hydrogens is 312 g/mol. The standard InChI is InChI=1S/C21H24N2O2/c1-4-7-19(24)23-14-17(20(25)16-8-5-6-9-18(16)23)21(2,3)15-10-12-22-13-11-15/h5-6,8-13,17H,4,7,14H2,1-3H3. The molecule has 4 heteroatoms. The lowest BCUT2D eigenvalue weighted by Crippen LogP contribution is -2.49. The first-order valence-corrected chi connectivity index (χ1v) is 8.81. The SMILES string of the molecule is CCCC(=O)N1CC(C(C)(C)c2ccncc2)C(=O)c2ccccc21. The first kappa shape index (κ1) is 17.3. The first-order valence-electron chi connectivity index (χ1n) is 8.81. The monoisotopic (exact) mass is 336 g/mol. The van der Waals surface area contributed by atoms with Crippen LogP contribution in [0.5, 0.6) is 0 Å². The van der Waals surface area contributed by atoms with Crippen LogP contribution in [0.4, 0.5) is 5.69 Å². The molecule has 1 aromatic carbocycles. The van der Waals surface area contributed by atoms with Gasteiger partial charge in [0.1, 0.15) is 0 Å². The van der Waals surface area contributed by atoms with Gasteiger partial charge in [0.15, 0.2) is 5.78 Å². The zero-order valence-corrected chi connectivity index (χ0v) is 15.0. The predicted octanol–water partition coefficient (Wildman–Crippen LogP) is 4.01. The number of hydrogen-bond donors (Lipinski definition) is 0. The highest BCUT2D eigenvalue weighted by atomic mass is 16.2. The normalized spacial score (nSPS) is 17.3. The Hall–Kier alpha value is -2.49. The molecule has 2 aromatic rings. The van der Waals surface area contributed by atoms with Gasteiger partial charge in [-0.1, -0.05) is 32.9 Å². The molecule has 25 heavy (non-hydrogen) atoms. The summed E-state index contributed by atoms with van der Waals surface area (Å²) in [5.41, 5.74) is 2.05. The minimum Gasteiger partial charge on any atom is -0.311 e. The smallest absolute Gasteiger partial charge is 0.227 e. The van der Waals surface area contributed by atoms with Gasteiger partial charge >= 0.3 is 0 Å². The quantitative estimate of drug-likeness (QED) is 0.848. The van der Waals surface area contributed by atoms with Crippen molar-refractivity contribution in [3.05, 3.63) is 59.9 Å². The molecule has 2 heterocycles. The van der Waals surface area contributed by atoms with E-state index in [9.17, 15) is 9.59 Å². The fourth-order valence-electron chi connectivity index (χ4n) is 3.59. The summed E-state index contributed by atoms with van der Waals surface area (Å²) < 4.78 is 0. The van der Waals surface area contributed by atoms with Crippen molar-refractivity contribution in [2.24, 2.45) is 5.92 Å². The van der Waals surface area contributed by atoms with Crippen LogP contribution < -0.4 is 4.90 Å². The highest BCUT2D eigenvalue weighted by Crippen LogP contribution is 2.40. The van der Waals surface area contributed by atoms with Crippen molar-refractivity contribution in [3.8, 4) is 0 Å². The lowest BCUT2D eigenvalue weighted by Gasteiger charge is -2.41. The molecule has 0 radical (unpaired) electrons. The third kappa shape index (κ3) is 3.09. The van der Waals surface area contributed by atoms with Gasteiger partial charge in [-0.15, -0.1) is 0 Å². The second-order valence-corrected chi connectivity index (χ2v) is 7.15. The summed E-state index contributed by atoms with van der Waals surface area (Å²) in [6.07, 6.45) is 4.78. The molecule has 130 valence electrons. The Morgan fingerprint density at radius 3 is 2.56 bits per heavy atom. The number of Topliss-reactive ketones (excluding diaryl/α,β-unsaturated/α-hetero) is 1. The van der Waals surface area contributed by atoms with Crippen molar-refractivity contribution in [1.82, 2.24) is 4.98 Å². The summed E-state index contributed by atoms with van der Waals surface area (Å²) in [4.78, 5) is 31.8. The maximum Gasteiger partial charge on any atom is 0.227 e.